The Morgan fingerprint density at radius 3 is 2.74 bits per heavy atom. The fourth-order valence-electron chi connectivity index (χ4n) is 2.19. The maximum absolute atomic E-state index is 12.3. The maximum Gasteiger partial charge on any atom is 0.266 e. The number of para-hydroxylation sites is 1. The Morgan fingerprint density at radius 1 is 1.26 bits per heavy atom. The van der Waals surface area contributed by atoms with Gasteiger partial charge >= 0.3 is 0 Å². The van der Waals surface area contributed by atoms with Gasteiger partial charge in [0.05, 0.1) is 7.11 Å². The number of ether oxygens (including phenoxy) is 1. The van der Waals surface area contributed by atoms with Crippen LogP contribution in [0.5, 0.6) is 5.75 Å². The first-order chi connectivity index (χ1) is 11.2. The smallest absolute Gasteiger partial charge is 0.266 e. The van der Waals surface area contributed by atoms with Crippen molar-refractivity contribution in [2.75, 3.05) is 12.4 Å². The van der Waals surface area contributed by atoms with Gasteiger partial charge in [-0.2, -0.15) is 5.26 Å². The van der Waals surface area contributed by atoms with Gasteiger partial charge in [-0.3, -0.25) is 4.79 Å². The van der Waals surface area contributed by atoms with Crippen molar-refractivity contribution >= 4 is 17.7 Å². The van der Waals surface area contributed by atoms with E-state index in [0.717, 1.165) is 23.2 Å². The maximum atomic E-state index is 12.3. The molecule has 4 heteroatoms. The van der Waals surface area contributed by atoms with Crippen LogP contribution in [0.1, 0.15) is 18.1 Å². The van der Waals surface area contributed by atoms with E-state index in [-0.39, 0.29) is 5.57 Å². The average Bonchev–Trinajstić information content (AvgIpc) is 2.60. The van der Waals surface area contributed by atoms with Gasteiger partial charge in [0, 0.05) is 5.69 Å². The molecule has 116 valence electrons. The summed E-state index contributed by atoms with van der Waals surface area (Å²) in [7, 11) is 1.57. The topological polar surface area (TPSA) is 62.1 Å². The molecule has 1 amide bonds. The van der Waals surface area contributed by atoms with Crippen LogP contribution in [0.25, 0.3) is 6.08 Å². The molecule has 2 rings (SSSR count). The van der Waals surface area contributed by atoms with Crippen LogP contribution >= 0.6 is 0 Å². The molecule has 4 nitrogen and oxygen atoms in total. The molecule has 0 aliphatic carbocycles. The molecule has 0 saturated heterocycles. The third kappa shape index (κ3) is 4.21. The number of aryl methyl sites for hydroxylation is 1. The van der Waals surface area contributed by atoms with Gasteiger partial charge in [0.1, 0.15) is 17.4 Å². The van der Waals surface area contributed by atoms with Gasteiger partial charge in [0.15, 0.2) is 0 Å². The second kappa shape index (κ2) is 7.81. The van der Waals surface area contributed by atoms with Crippen molar-refractivity contribution in [2.45, 2.75) is 13.3 Å². The van der Waals surface area contributed by atoms with Gasteiger partial charge < -0.3 is 10.1 Å². The SMILES string of the molecule is CCc1ccccc1NC(=O)C(C#N)=Cc1cccc(OC)c1. The summed E-state index contributed by atoms with van der Waals surface area (Å²) in [4.78, 5) is 12.3. The number of anilines is 1. The molecule has 0 saturated carbocycles. The summed E-state index contributed by atoms with van der Waals surface area (Å²) in [6, 6.07) is 16.7. The number of carbonyl (C=O) groups excluding carboxylic acids is 1. The molecule has 0 spiro atoms. The zero-order valence-corrected chi connectivity index (χ0v) is 13.2. The Balaban J connectivity index is 2.24. The van der Waals surface area contributed by atoms with Gasteiger partial charge in [-0.15, -0.1) is 0 Å². The van der Waals surface area contributed by atoms with Crippen molar-refractivity contribution in [2.24, 2.45) is 0 Å². The van der Waals surface area contributed by atoms with Gasteiger partial charge in [-0.1, -0.05) is 37.3 Å². The van der Waals surface area contributed by atoms with Crippen LogP contribution in [-0.4, -0.2) is 13.0 Å². The summed E-state index contributed by atoms with van der Waals surface area (Å²) in [5.41, 5.74) is 2.54. The number of nitrogens with zero attached hydrogens (tertiary/aromatic N) is 1. The highest BCUT2D eigenvalue weighted by Crippen LogP contribution is 2.18. The quantitative estimate of drug-likeness (QED) is 0.675. The Bertz CT molecular complexity index is 773. The van der Waals surface area contributed by atoms with Crippen molar-refractivity contribution in [3.63, 3.8) is 0 Å². The highest BCUT2D eigenvalue weighted by molar-refractivity contribution is 6.10. The van der Waals surface area contributed by atoms with Crippen molar-refractivity contribution in [3.8, 4) is 11.8 Å². The number of methoxy groups -OCH3 is 1. The van der Waals surface area contributed by atoms with E-state index in [1.807, 2.05) is 49.4 Å². The van der Waals surface area contributed by atoms with Crippen LogP contribution in [-0.2, 0) is 11.2 Å². The van der Waals surface area contributed by atoms with E-state index in [1.54, 1.807) is 25.3 Å². The fraction of sp³-hybridized carbons (Fsp3) is 0.158. The first-order valence-electron chi connectivity index (χ1n) is 7.33. The monoisotopic (exact) mass is 306 g/mol. The number of rotatable bonds is 5. The summed E-state index contributed by atoms with van der Waals surface area (Å²) in [5, 5.41) is 12.1. The van der Waals surface area contributed by atoms with Crippen LogP contribution in [0, 0.1) is 11.3 Å². The highest BCUT2D eigenvalue weighted by Gasteiger charge is 2.11. The summed E-state index contributed by atoms with van der Waals surface area (Å²) < 4.78 is 5.14. The number of benzene rings is 2. The molecule has 2 aromatic rings. The van der Waals surface area contributed by atoms with Crippen LogP contribution in [0.4, 0.5) is 5.69 Å². The summed E-state index contributed by atoms with van der Waals surface area (Å²) in [6.45, 7) is 2.02. The number of hydrogen-bond donors (Lipinski definition) is 1. The molecule has 0 bridgehead atoms. The van der Waals surface area contributed by atoms with Crippen molar-refractivity contribution in [1.82, 2.24) is 0 Å². The van der Waals surface area contributed by atoms with E-state index >= 15 is 0 Å². The molecule has 23 heavy (non-hydrogen) atoms. The summed E-state index contributed by atoms with van der Waals surface area (Å²) >= 11 is 0. The predicted octanol–water partition coefficient (Wildman–Crippen LogP) is 3.80. The lowest BCUT2D eigenvalue weighted by molar-refractivity contribution is -0.112. The molecule has 0 aliphatic rings. The minimum Gasteiger partial charge on any atom is -0.497 e. The van der Waals surface area contributed by atoms with E-state index in [1.165, 1.54) is 0 Å². The zero-order valence-electron chi connectivity index (χ0n) is 13.2. The van der Waals surface area contributed by atoms with Crippen LogP contribution in [0.15, 0.2) is 54.1 Å². The Labute approximate surface area is 136 Å². The molecule has 0 aromatic heterocycles. The predicted molar refractivity (Wildman–Crippen MR) is 91.0 cm³/mol. The van der Waals surface area contributed by atoms with Crippen LogP contribution in [0.2, 0.25) is 0 Å². The second-order valence-electron chi connectivity index (χ2n) is 4.91. The lowest BCUT2D eigenvalue weighted by atomic mass is 10.1. The first kappa shape index (κ1) is 16.3. The average molecular weight is 306 g/mol. The van der Waals surface area contributed by atoms with Gasteiger partial charge in [-0.25, -0.2) is 0 Å². The number of hydrogen-bond acceptors (Lipinski definition) is 3. The first-order valence-corrected chi connectivity index (χ1v) is 7.33. The minimum absolute atomic E-state index is 0.0455. The Morgan fingerprint density at radius 2 is 2.04 bits per heavy atom. The molecular weight excluding hydrogens is 288 g/mol. The number of carbonyl (C=O) groups is 1. The molecule has 0 fully saturated rings. The lowest BCUT2D eigenvalue weighted by Gasteiger charge is -2.09. The number of nitrogens with one attached hydrogen (secondary N) is 1. The van der Waals surface area contributed by atoms with Crippen molar-refractivity contribution in [3.05, 3.63) is 65.2 Å². The molecular formula is C19H18N2O2. The third-order valence-corrected chi connectivity index (χ3v) is 3.42. The largest absolute Gasteiger partial charge is 0.497 e. The molecule has 0 radical (unpaired) electrons. The fourth-order valence-corrected chi connectivity index (χ4v) is 2.19. The summed E-state index contributed by atoms with van der Waals surface area (Å²) in [6.07, 6.45) is 2.35. The molecule has 0 atom stereocenters. The van der Waals surface area contributed by atoms with Crippen LogP contribution in [0.3, 0.4) is 0 Å². The van der Waals surface area contributed by atoms with Gasteiger partial charge in [-0.05, 0) is 41.8 Å². The minimum atomic E-state index is -0.420. The zero-order chi connectivity index (χ0) is 16.7. The number of amides is 1. The van der Waals surface area contributed by atoms with Crippen LogP contribution < -0.4 is 10.1 Å². The second-order valence-corrected chi connectivity index (χ2v) is 4.91. The van der Waals surface area contributed by atoms with E-state index in [0.29, 0.717) is 5.75 Å². The molecule has 0 unspecified atom stereocenters. The van der Waals surface area contributed by atoms with E-state index in [4.69, 9.17) is 4.74 Å². The van der Waals surface area contributed by atoms with E-state index in [9.17, 15) is 10.1 Å². The molecule has 0 heterocycles. The lowest BCUT2D eigenvalue weighted by Crippen LogP contribution is -2.14. The van der Waals surface area contributed by atoms with E-state index in [2.05, 4.69) is 5.32 Å². The van der Waals surface area contributed by atoms with Crippen molar-refractivity contribution < 1.29 is 9.53 Å². The molecule has 2 aromatic carbocycles. The molecule has 1 N–H and O–H groups in total. The standard InChI is InChI=1S/C19H18N2O2/c1-3-15-8-4-5-10-18(15)21-19(22)16(13-20)11-14-7-6-9-17(12-14)23-2/h4-12H,3H2,1-2H3,(H,21,22). The summed E-state index contributed by atoms with van der Waals surface area (Å²) in [5.74, 6) is 0.254. The Hall–Kier alpha value is -3.06. The number of nitriles is 1. The highest BCUT2D eigenvalue weighted by atomic mass is 16.5. The van der Waals surface area contributed by atoms with E-state index < -0.39 is 5.91 Å². The van der Waals surface area contributed by atoms with Gasteiger partial charge in [0.2, 0.25) is 0 Å². The Kier molecular flexibility index (Phi) is 5.54. The normalized spacial score (nSPS) is 10.7. The third-order valence-electron chi connectivity index (χ3n) is 3.42. The molecule has 0 aliphatic heterocycles. The van der Waals surface area contributed by atoms with Gasteiger partial charge in [0.25, 0.3) is 5.91 Å². The van der Waals surface area contributed by atoms with Crippen molar-refractivity contribution in [1.29, 1.82) is 5.26 Å².